The lowest BCUT2D eigenvalue weighted by atomic mass is 10.1. The molecule has 0 amide bonds. The fraction of sp³-hybridized carbons (Fsp3) is 0.923. The molecule has 3 N–H and O–H groups in total. The quantitative estimate of drug-likeness (QED) is 0.441. The van der Waals surface area contributed by atoms with Crippen LogP contribution < -0.4 is 5.73 Å². The molecule has 0 aliphatic heterocycles. The fourth-order valence-corrected chi connectivity index (χ4v) is 1.97. The third kappa shape index (κ3) is 12.1. The molecule has 0 aliphatic rings. The maximum atomic E-state index is 8.70. The number of thiocarbonyl (C=S) groups is 1. The van der Waals surface area contributed by atoms with Crippen molar-refractivity contribution in [2.75, 3.05) is 26.2 Å². The number of aliphatic hydroxyl groups excluding tert-OH is 1. The predicted octanol–water partition coefficient (Wildman–Crippen LogP) is 2.17. The molecule has 0 spiro atoms. The Morgan fingerprint density at radius 2 is 1.82 bits per heavy atom. The smallest absolute Gasteiger partial charge is 0.0740 e. The van der Waals surface area contributed by atoms with Crippen molar-refractivity contribution in [1.82, 2.24) is 4.90 Å². The molecule has 0 aromatic rings. The number of hydrogen-bond acceptors (Lipinski definition) is 3. The fourth-order valence-electron chi connectivity index (χ4n) is 1.88. The second-order valence-corrected chi connectivity index (χ2v) is 5.57. The highest BCUT2D eigenvalue weighted by Gasteiger charge is 2.07. The van der Waals surface area contributed by atoms with E-state index in [-0.39, 0.29) is 0 Å². The van der Waals surface area contributed by atoms with Gasteiger partial charge >= 0.3 is 0 Å². The third-order valence-corrected chi connectivity index (χ3v) is 2.88. The van der Waals surface area contributed by atoms with Gasteiger partial charge in [-0.3, -0.25) is 0 Å². The Labute approximate surface area is 111 Å². The Hall–Kier alpha value is -0.190. The van der Waals surface area contributed by atoms with Crippen LogP contribution in [0.1, 0.15) is 46.0 Å². The molecular weight excluding hydrogens is 232 g/mol. The van der Waals surface area contributed by atoms with E-state index in [1.807, 2.05) is 0 Å². The Kier molecular flexibility index (Phi) is 10.8. The SMILES string of the molecule is CC(C)CN(CCCCCCO)CCC(N)=S. The zero-order valence-corrected chi connectivity index (χ0v) is 12.1. The molecule has 102 valence electrons. The summed E-state index contributed by atoms with van der Waals surface area (Å²) in [5.41, 5.74) is 5.54. The summed E-state index contributed by atoms with van der Waals surface area (Å²) >= 11 is 4.92. The normalized spacial score (nSPS) is 11.4. The van der Waals surface area contributed by atoms with E-state index in [1.165, 1.54) is 12.8 Å². The molecule has 0 saturated carbocycles. The lowest BCUT2D eigenvalue weighted by Gasteiger charge is -2.24. The Morgan fingerprint density at radius 1 is 1.18 bits per heavy atom. The van der Waals surface area contributed by atoms with E-state index in [0.717, 1.165) is 38.9 Å². The summed E-state index contributed by atoms with van der Waals surface area (Å²) < 4.78 is 0. The monoisotopic (exact) mass is 260 g/mol. The van der Waals surface area contributed by atoms with Crippen molar-refractivity contribution in [2.24, 2.45) is 11.7 Å². The summed E-state index contributed by atoms with van der Waals surface area (Å²) in [7, 11) is 0. The van der Waals surface area contributed by atoms with Crippen LogP contribution in [0.15, 0.2) is 0 Å². The maximum absolute atomic E-state index is 8.70. The third-order valence-electron chi connectivity index (χ3n) is 2.68. The van der Waals surface area contributed by atoms with E-state index < -0.39 is 0 Å². The van der Waals surface area contributed by atoms with E-state index in [1.54, 1.807) is 0 Å². The van der Waals surface area contributed by atoms with Gasteiger partial charge in [0.05, 0.1) is 4.99 Å². The van der Waals surface area contributed by atoms with Crippen LogP contribution >= 0.6 is 12.2 Å². The molecule has 0 aromatic heterocycles. The van der Waals surface area contributed by atoms with Crippen molar-refractivity contribution < 1.29 is 5.11 Å². The van der Waals surface area contributed by atoms with Crippen LogP contribution in [-0.2, 0) is 0 Å². The molecule has 3 nitrogen and oxygen atoms in total. The van der Waals surface area contributed by atoms with Crippen LogP contribution in [-0.4, -0.2) is 41.2 Å². The first-order valence-electron chi connectivity index (χ1n) is 6.67. The van der Waals surface area contributed by atoms with Crippen molar-refractivity contribution >= 4 is 17.2 Å². The van der Waals surface area contributed by atoms with Gasteiger partial charge in [0.1, 0.15) is 0 Å². The van der Waals surface area contributed by atoms with Gasteiger partial charge in [-0.1, -0.05) is 38.9 Å². The largest absolute Gasteiger partial charge is 0.396 e. The van der Waals surface area contributed by atoms with E-state index in [4.69, 9.17) is 23.1 Å². The van der Waals surface area contributed by atoms with Crippen molar-refractivity contribution in [3.63, 3.8) is 0 Å². The second-order valence-electron chi connectivity index (χ2n) is 5.05. The molecule has 0 saturated heterocycles. The topological polar surface area (TPSA) is 49.5 Å². The Balaban J connectivity index is 3.72. The van der Waals surface area contributed by atoms with E-state index in [0.29, 0.717) is 17.5 Å². The lowest BCUT2D eigenvalue weighted by Crippen LogP contribution is -2.32. The van der Waals surface area contributed by atoms with Crippen LogP contribution in [0.5, 0.6) is 0 Å². The van der Waals surface area contributed by atoms with E-state index in [2.05, 4.69) is 18.7 Å². The number of hydrogen-bond donors (Lipinski definition) is 2. The number of nitrogens with zero attached hydrogens (tertiary/aromatic N) is 1. The summed E-state index contributed by atoms with van der Waals surface area (Å²) in [5.74, 6) is 0.679. The van der Waals surface area contributed by atoms with Crippen molar-refractivity contribution in [2.45, 2.75) is 46.0 Å². The van der Waals surface area contributed by atoms with Crippen molar-refractivity contribution in [3.05, 3.63) is 0 Å². The molecule has 0 unspecified atom stereocenters. The number of nitrogens with two attached hydrogens (primary N) is 1. The summed E-state index contributed by atoms with van der Waals surface area (Å²) in [5, 5.41) is 8.70. The van der Waals surface area contributed by atoms with Gasteiger partial charge < -0.3 is 15.7 Å². The van der Waals surface area contributed by atoms with Gasteiger partial charge in [-0.05, 0) is 25.3 Å². The van der Waals surface area contributed by atoms with Gasteiger partial charge in [0.15, 0.2) is 0 Å². The lowest BCUT2D eigenvalue weighted by molar-refractivity contribution is 0.241. The minimum atomic E-state index is 0.317. The zero-order valence-electron chi connectivity index (χ0n) is 11.3. The maximum Gasteiger partial charge on any atom is 0.0740 e. The molecular formula is C13H28N2OS. The first kappa shape index (κ1) is 16.8. The average molecular weight is 260 g/mol. The molecule has 0 heterocycles. The molecule has 0 aliphatic carbocycles. The second kappa shape index (κ2) is 10.9. The van der Waals surface area contributed by atoms with Crippen LogP contribution in [0.25, 0.3) is 0 Å². The first-order valence-corrected chi connectivity index (χ1v) is 7.08. The van der Waals surface area contributed by atoms with Crippen LogP contribution in [0, 0.1) is 5.92 Å². The zero-order chi connectivity index (χ0) is 13.1. The molecule has 0 rings (SSSR count). The van der Waals surface area contributed by atoms with Gasteiger partial charge in [-0.2, -0.15) is 0 Å². The van der Waals surface area contributed by atoms with Gasteiger partial charge in [-0.25, -0.2) is 0 Å². The van der Waals surface area contributed by atoms with Crippen molar-refractivity contribution in [3.8, 4) is 0 Å². The molecule has 0 aromatic carbocycles. The minimum absolute atomic E-state index is 0.317. The van der Waals surface area contributed by atoms with Gasteiger partial charge in [0.25, 0.3) is 0 Å². The Bertz CT molecular complexity index is 198. The molecule has 0 fully saturated rings. The minimum Gasteiger partial charge on any atom is -0.396 e. The van der Waals surface area contributed by atoms with Gasteiger partial charge in [0, 0.05) is 26.1 Å². The van der Waals surface area contributed by atoms with Crippen LogP contribution in [0.4, 0.5) is 0 Å². The van der Waals surface area contributed by atoms with Gasteiger partial charge in [0.2, 0.25) is 0 Å². The molecule has 17 heavy (non-hydrogen) atoms. The molecule has 4 heteroatoms. The van der Waals surface area contributed by atoms with E-state index in [9.17, 15) is 0 Å². The molecule has 0 radical (unpaired) electrons. The first-order chi connectivity index (χ1) is 8.06. The summed E-state index contributed by atoms with van der Waals surface area (Å²) in [6.07, 6.45) is 5.27. The van der Waals surface area contributed by atoms with Crippen LogP contribution in [0.2, 0.25) is 0 Å². The van der Waals surface area contributed by atoms with Crippen LogP contribution in [0.3, 0.4) is 0 Å². The highest BCUT2D eigenvalue weighted by atomic mass is 32.1. The summed E-state index contributed by atoms with van der Waals surface area (Å²) in [6, 6.07) is 0. The standard InChI is InChI=1S/C13H28N2OS/c1-12(2)11-15(9-7-13(14)17)8-5-3-4-6-10-16/h12,16H,3-11H2,1-2H3,(H2,14,17). The average Bonchev–Trinajstić information content (AvgIpc) is 2.24. The highest BCUT2D eigenvalue weighted by Crippen LogP contribution is 2.05. The number of unbranched alkanes of at least 4 members (excludes halogenated alkanes) is 3. The van der Waals surface area contributed by atoms with E-state index >= 15 is 0 Å². The summed E-state index contributed by atoms with van der Waals surface area (Å²) in [6.45, 7) is 8.00. The molecule has 0 atom stereocenters. The predicted molar refractivity (Wildman–Crippen MR) is 78.2 cm³/mol. The summed E-state index contributed by atoms with van der Waals surface area (Å²) in [4.78, 5) is 3.06. The van der Waals surface area contributed by atoms with Gasteiger partial charge in [-0.15, -0.1) is 0 Å². The Morgan fingerprint density at radius 3 is 2.35 bits per heavy atom. The number of rotatable bonds is 11. The van der Waals surface area contributed by atoms with Crippen molar-refractivity contribution in [1.29, 1.82) is 0 Å². The highest BCUT2D eigenvalue weighted by molar-refractivity contribution is 7.80. The molecule has 0 bridgehead atoms. The number of aliphatic hydroxyl groups is 1.